The first-order valence-electron chi connectivity index (χ1n) is 9.84. The predicted octanol–water partition coefficient (Wildman–Crippen LogP) is 0.119. The second-order valence-electron chi connectivity index (χ2n) is 6.70. The fourth-order valence-electron chi connectivity index (χ4n) is 3.12. The van der Waals surface area contributed by atoms with Crippen LogP contribution in [0.15, 0.2) is 29.5 Å². The van der Waals surface area contributed by atoms with Gasteiger partial charge in [0, 0.05) is 45.1 Å². The highest BCUT2D eigenvalue weighted by Crippen LogP contribution is 2.13. The van der Waals surface area contributed by atoms with Crippen molar-refractivity contribution in [2.75, 3.05) is 26.7 Å². The van der Waals surface area contributed by atoms with Crippen LogP contribution in [0.25, 0.3) is 0 Å². The molecule has 2 aromatic heterocycles. The number of rotatable bonds is 8. The van der Waals surface area contributed by atoms with Gasteiger partial charge in [0.05, 0.1) is 18.7 Å². The summed E-state index contributed by atoms with van der Waals surface area (Å²) in [4.78, 5) is 25.1. The Bertz CT molecular complexity index is 821. The van der Waals surface area contributed by atoms with Gasteiger partial charge in [0.2, 0.25) is 0 Å². The van der Waals surface area contributed by atoms with Crippen LogP contribution in [-0.4, -0.2) is 64.4 Å². The molecule has 10 nitrogen and oxygen atoms in total. The van der Waals surface area contributed by atoms with E-state index in [-0.39, 0.29) is 11.9 Å². The number of hydrogen-bond acceptors (Lipinski definition) is 6. The average Bonchev–Trinajstić information content (AvgIpc) is 3.13. The Kier molecular flexibility index (Phi) is 7.51. The number of nitrogens with zero attached hydrogens (tertiary/aromatic N) is 5. The fraction of sp³-hybridized carbons (Fsp3) is 0.526. The number of nitrogens with one attached hydrogen (secondary N) is 3. The Balaban J connectivity index is 1.49. The van der Waals surface area contributed by atoms with Crippen LogP contribution in [0.5, 0.6) is 0 Å². The van der Waals surface area contributed by atoms with E-state index in [1.807, 2.05) is 11.6 Å². The summed E-state index contributed by atoms with van der Waals surface area (Å²) in [6.45, 7) is 4.85. The minimum atomic E-state index is -0.149. The quantitative estimate of drug-likeness (QED) is 0.327. The van der Waals surface area contributed by atoms with E-state index in [0.717, 1.165) is 37.7 Å². The average molecular weight is 400 g/mol. The molecule has 0 aromatic carbocycles. The molecule has 1 aliphatic rings. The molecule has 29 heavy (non-hydrogen) atoms. The van der Waals surface area contributed by atoms with Crippen molar-refractivity contribution >= 4 is 11.9 Å². The number of aromatic nitrogens is 4. The minimum absolute atomic E-state index is 0.149. The summed E-state index contributed by atoms with van der Waals surface area (Å²) >= 11 is 0. The molecule has 0 saturated carbocycles. The van der Waals surface area contributed by atoms with Crippen LogP contribution in [0, 0.1) is 0 Å². The van der Waals surface area contributed by atoms with E-state index in [9.17, 15) is 4.79 Å². The number of amides is 1. The van der Waals surface area contributed by atoms with Crippen molar-refractivity contribution in [1.82, 2.24) is 35.7 Å². The van der Waals surface area contributed by atoms with Gasteiger partial charge >= 0.3 is 0 Å². The fourth-order valence-corrected chi connectivity index (χ4v) is 3.12. The van der Waals surface area contributed by atoms with Crippen molar-refractivity contribution in [2.45, 2.75) is 39.0 Å². The molecule has 0 spiro atoms. The Hall–Kier alpha value is -3.01. The van der Waals surface area contributed by atoms with Gasteiger partial charge < -0.3 is 20.7 Å². The van der Waals surface area contributed by atoms with Crippen molar-refractivity contribution in [1.29, 1.82) is 0 Å². The van der Waals surface area contributed by atoms with Crippen LogP contribution in [0.1, 0.15) is 35.4 Å². The largest absolute Gasteiger partial charge is 0.377 e. The molecule has 0 saturated heterocycles. The Morgan fingerprint density at radius 2 is 2.31 bits per heavy atom. The van der Waals surface area contributed by atoms with Gasteiger partial charge in [-0.1, -0.05) is 0 Å². The first-order chi connectivity index (χ1) is 14.2. The highest BCUT2D eigenvalue weighted by molar-refractivity contribution is 5.93. The summed E-state index contributed by atoms with van der Waals surface area (Å²) in [5.41, 5.74) is 0.542. The van der Waals surface area contributed by atoms with Gasteiger partial charge in [-0.25, -0.2) is 9.67 Å². The molecule has 1 aliphatic heterocycles. The zero-order valence-corrected chi connectivity index (χ0v) is 16.9. The highest BCUT2D eigenvalue weighted by Gasteiger charge is 2.22. The number of carbonyl (C=O) groups is 1. The summed E-state index contributed by atoms with van der Waals surface area (Å²) < 4.78 is 7.05. The third-order valence-electron chi connectivity index (χ3n) is 4.45. The van der Waals surface area contributed by atoms with E-state index < -0.39 is 0 Å². The summed E-state index contributed by atoms with van der Waals surface area (Å²) in [6, 6.07) is 3.68. The van der Waals surface area contributed by atoms with Crippen molar-refractivity contribution in [2.24, 2.45) is 4.99 Å². The smallest absolute Gasteiger partial charge is 0.252 e. The minimum Gasteiger partial charge on any atom is -0.377 e. The molecule has 3 heterocycles. The van der Waals surface area contributed by atoms with Gasteiger partial charge in [-0.2, -0.15) is 5.10 Å². The Morgan fingerprint density at radius 3 is 3.07 bits per heavy atom. The molecule has 0 fully saturated rings. The molecule has 3 rings (SSSR count). The first kappa shape index (κ1) is 20.7. The second kappa shape index (κ2) is 10.5. The lowest BCUT2D eigenvalue weighted by molar-refractivity contribution is 0.0954. The summed E-state index contributed by atoms with van der Waals surface area (Å²) in [5.74, 6) is 2.29. The number of carbonyl (C=O) groups excluding carboxylic acids is 1. The number of hydrogen-bond donors (Lipinski definition) is 3. The zero-order chi connectivity index (χ0) is 20.5. The van der Waals surface area contributed by atoms with Gasteiger partial charge in [0.1, 0.15) is 12.4 Å². The molecule has 1 amide bonds. The number of aliphatic imine (C=N–C) groups is 1. The van der Waals surface area contributed by atoms with Gasteiger partial charge in [-0.05, 0) is 25.5 Å². The Labute approximate surface area is 170 Å². The molecule has 1 unspecified atom stereocenters. The first-order valence-corrected chi connectivity index (χ1v) is 9.84. The number of pyridine rings is 1. The molecule has 0 radical (unpaired) electrons. The number of aryl methyl sites for hydroxylation is 1. The van der Waals surface area contributed by atoms with E-state index in [1.54, 1.807) is 31.6 Å². The molecule has 10 heteroatoms. The maximum Gasteiger partial charge on any atom is 0.252 e. The summed E-state index contributed by atoms with van der Waals surface area (Å²) in [6.07, 6.45) is 4.99. The van der Waals surface area contributed by atoms with E-state index in [4.69, 9.17) is 4.74 Å². The van der Waals surface area contributed by atoms with Crippen molar-refractivity contribution < 1.29 is 9.53 Å². The van der Waals surface area contributed by atoms with E-state index in [1.165, 1.54) is 0 Å². The summed E-state index contributed by atoms with van der Waals surface area (Å²) in [5, 5.41) is 14.1. The van der Waals surface area contributed by atoms with Crippen LogP contribution in [0.3, 0.4) is 0 Å². The van der Waals surface area contributed by atoms with Gasteiger partial charge in [0.15, 0.2) is 11.8 Å². The summed E-state index contributed by atoms with van der Waals surface area (Å²) in [7, 11) is 1.64. The van der Waals surface area contributed by atoms with Crippen LogP contribution < -0.4 is 16.0 Å². The maximum atomic E-state index is 12.0. The molecular weight excluding hydrogens is 372 g/mol. The van der Waals surface area contributed by atoms with Crippen LogP contribution in [-0.2, 0) is 24.3 Å². The van der Waals surface area contributed by atoms with Crippen molar-refractivity contribution in [3.63, 3.8) is 0 Å². The molecule has 0 aliphatic carbocycles. The Morgan fingerprint density at radius 1 is 1.41 bits per heavy atom. The van der Waals surface area contributed by atoms with Crippen molar-refractivity contribution in [3.05, 3.63) is 41.7 Å². The lowest BCUT2D eigenvalue weighted by Crippen LogP contribution is -2.47. The monoisotopic (exact) mass is 400 g/mol. The van der Waals surface area contributed by atoms with E-state index in [2.05, 4.69) is 36.0 Å². The maximum absolute atomic E-state index is 12.0. The highest BCUT2D eigenvalue weighted by atomic mass is 16.5. The number of ether oxygens (including phenoxy) is 1. The standard InChI is InChI=1S/C19H28N8O2/c1-3-21-19(23-10-9-22-18(28)14-5-4-8-20-11-14)24-15-6-7-17-25-16(13-29-2)26-27(17)12-15/h4-5,8,11,15H,3,6-7,9-10,12-13H2,1-2H3,(H,22,28)(H2,21,23,24). The van der Waals surface area contributed by atoms with Crippen LogP contribution >= 0.6 is 0 Å². The topological polar surface area (TPSA) is 118 Å². The number of guanidine groups is 1. The number of methoxy groups -OCH3 is 1. The van der Waals surface area contributed by atoms with Gasteiger partial charge in [0.25, 0.3) is 5.91 Å². The van der Waals surface area contributed by atoms with Crippen LogP contribution in [0.2, 0.25) is 0 Å². The SMILES string of the molecule is CCNC(=NCCNC(=O)c1cccnc1)NC1CCc2nc(COC)nn2C1. The lowest BCUT2D eigenvalue weighted by Gasteiger charge is -2.25. The number of fused-ring (bicyclic) bond motifs is 1. The molecule has 0 bridgehead atoms. The molecular formula is C19H28N8O2. The van der Waals surface area contributed by atoms with E-state index >= 15 is 0 Å². The van der Waals surface area contributed by atoms with Crippen molar-refractivity contribution in [3.8, 4) is 0 Å². The molecule has 1 atom stereocenters. The third-order valence-corrected chi connectivity index (χ3v) is 4.45. The normalized spacial score (nSPS) is 16.2. The van der Waals surface area contributed by atoms with Gasteiger partial charge in [-0.3, -0.25) is 14.8 Å². The lowest BCUT2D eigenvalue weighted by atomic mass is 10.1. The molecule has 156 valence electrons. The van der Waals surface area contributed by atoms with E-state index in [0.29, 0.717) is 31.1 Å². The predicted molar refractivity (Wildman–Crippen MR) is 109 cm³/mol. The van der Waals surface area contributed by atoms with Crippen LogP contribution in [0.4, 0.5) is 0 Å². The molecule has 2 aromatic rings. The second-order valence-corrected chi connectivity index (χ2v) is 6.70. The zero-order valence-electron chi connectivity index (χ0n) is 16.9. The van der Waals surface area contributed by atoms with Gasteiger partial charge in [-0.15, -0.1) is 0 Å². The molecule has 3 N–H and O–H groups in total. The third kappa shape index (κ3) is 5.98.